The number of hydrogen-bond donors (Lipinski definition) is 3. The number of ether oxygens (including phenoxy) is 3. The Balaban J connectivity index is 0.977. The van der Waals surface area contributed by atoms with Crippen molar-refractivity contribution in [3.63, 3.8) is 0 Å². The minimum absolute atomic E-state index is 0.0651. The van der Waals surface area contributed by atoms with Gasteiger partial charge in [0.25, 0.3) is 0 Å². The van der Waals surface area contributed by atoms with Gasteiger partial charge >= 0.3 is 0 Å². The van der Waals surface area contributed by atoms with Gasteiger partial charge in [-0.2, -0.15) is 9.97 Å². The Bertz CT molecular complexity index is 1400. The molecule has 0 bridgehead atoms. The summed E-state index contributed by atoms with van der Waals surface area (Å²) in [5.41, 5.74) is 4.94. The van der Waals surface area contributed by atoms with Gasteiger partial charge in [0.1, 0.15) is 12.0 Å². The third kappa shape index (κ3) is 9.75. The van der Waals surface area contributed by atoms with Crippen LogP contribution in [0.5, 0.6) is 5.75 Å². The molecule has 256 valence electrons. The predicted octanol–water partition coefficient (Wildman–Crippen LogP) is 5.68. The van der Waals surface area contributed by atoms with Crippen LogP contribution in [0.2, 0.25) is 0 Å². The van der Waals surface area contributed by atoms with Gasteiger partial charge in [0.15, 0.2) is 23.3 Å². The van der Waals surface area contributed by atoms with Crippen LogP contribution in [0.4, 0.5) is 17.5 Å². The quantitative estimate of drug-likeness (QED) is 0.138. The lowest BCUT2D eigenvalue weighted by Crippen LogP contribution is -2.37. The van der Waals surface area contributed by atoms with Crippen LogP contribution in [0.1, 0.15) is 89.7 Å². The summed E-state index contributed by atoms with van der Waals surface area (Å²) >= 11 is 0. The molecule has 3 aliphatic rings. The smallest absolute Gasteiger partial charge is 0.243 e. The number of piperidine rings is 1. The second-order valence-electron chi connectivity index (χ2n) is 12.9. The zero-order valence-electron chi connectivity index (χ0n) is 27.6. The van der Waals surface area contributed by atoms with E-state index in [1.807, 2.05) is 30.6 Å². The number of likely N-dealkylation sites (tertiary alicyclic amines) is 1. The lowest BCUT2D eigenvalue weighted by molar-refractivity contribution is -0.200. The summed E-state index contributed by atoms with van der Waals surface area (Å²) in [6, 6.07) is 8.21. The zero-order valence-corrected chi connectivity index (χ0v) is 27.6. The molecule has 3 aromatic rings. The van der Waals surface area contributed by atoms with Crippen LogP contribution in [0.25, 0.3) is 11.2 Å². The molecule has 0 aliphatic carbocycles. The molecule has 5 heterocycles. The molecule has 2 unspecified atom stereocenters. The maximum atomic E-state index is 12.0. The summed E-state index contributed by atoms with van der Waals surface area (Å²) in [4.78, 5) is 34.2. The Labute approximate surface area is 277 Å². The number of aromatic nitrogens is 4. The molecule has 6 rings (SSSR count). The number of amides is 1. The van der Waals surface area contributed by atoms with Crippen molar-refractivity contribution >= 4 is 34.5 Å². The molecular weight excluding hydrogens is 600 g/mol. The first-order valence-electron chi connectivity index (χ1n) is 17.5. The molecule has 3 saturated heterocycles. The number of hydrogen-bond acceptors (Lipinski definition) is 11. The lowest BCUT2D eigenvalue weighted by Gasteiger charge is -2.30. The van der Waals surface area contributed by atoms with Gasteiger partial charge < -0.3 is 29.7 Å². The first-order chi connectivity index (χ1) is 23.1. The van der Waals surface area contributed by atoms with Crippen molar-refractivity contribution in [3.05, 3.63) is 30.6 Å². The number of carbonyl (C=O) groups excluding carboxylic acids is 1. The first-order valence-corrected chi connectivity index (χ1v) is 17.5. The molecule has 3 aliphatic heterocycles. The Morgan fingerprint density at radius 2 is 1.72 bits per heavy atom. The number of hydroxylamine groups is 1. The van der Waals surface area contributed by atoms with Crippen molar-refractivity contribution in [1.29, 1.82) is 0 Å². The van der Waals surface area contributed by atoms with E-state index in [-0.39, 0.29) is 18.4 Å². The van der Waals surface area contributed by atoms with Gasteiger partial charge in [0, 0.05) is 37.8 Å². The standard InChI is InChI=1S/C34H50N8O5/c1-41-19-17-26(18-20-41)36-32-31-33(42(24-35-31)29-11-5-8-22-45-29)39-34(38-32)37-25-13-15-27(16-14-25)44-21-7-3-2-4-10-28(43)40-47-30-12-6-9-23-46-30/h13-16,24,26,29-30H,2-12,17-23H2,1H3,(H,40,43)(H2,36,37,38,39). The predicted molar refractivity (Wildman–Crippen MR) is 179 cm³/mol. The van der Waals surface area contributed by atoms with Crippen molar-refractivity contribution in [2.24, 2.45) is 0 Å². The van der Waals surface area contributed by atoms with E-state index in [1.54, 1.807) is 0 Å². The van der Waals surface area contributed by atoms with E-state index in [0.717, 1.165) is 125 Å². The van der Waals surface area contributed by atoms with Gasteiger partial charge in [-0.3, -0.25) is 9.36 Å². The number of imidazole rings is 1. The zero-order chi connectivity index (χ0) is 32.3. The van der Waals surface area contributed by atoms with Crippen molar-refractivity contribution in [2.75, 3.05) is 50.6 Å². The summed E-state index contributed by atoms with van der Waals surface area (Å²) in [5.74, 6) is 1.99. The highest BCUT2D eigenvalue weighted by Crippen LogP contribution is 2.30. The van der Waals surface area contributed by atoms with Crippen molar-refractivity contribution in [1.82, 2.24) is 29.9 Å². The fraction of sp³-hybridized carbons (Fsp3) is 0.647. The van der Waals surface area contributed by atoms with E-state index in [1.165, 1.54) is 0 Å². The van der Waals surface area contributed by atoms with Crippen LogP contribution in [0, 0.1) is 0 Å². The molecular formula is C34H50N8O5. The summed E-state index contributed by atoms with van der Waals surface area (Å²) in [6.07, 6.45) is 13.8. The highest BCUT2D eigenvalue weighted by atomic mass is 16.8. The van der Waals surface area contributed by atoms with E-state index in [9.17, 15) is 4.79 Å². The van der Waals surface area contributed by atoms with E-state index in [2.05, 4.69) is 32.6 Å². The average Bonchev–Trinajstić information content (AvgIpc) is 3.54. The van der Waals surface area contributed by atoms with Crippen LogP contribution in [0.15, 0.2) is 30.6 Å². The molecule has 3 N–H and O–H groups in total. The normalized spacial score (nSPS) is 21.0. The van der Waals surface area contributed by atoms with E-state index < -0.39 is 0 Å². The highest BCUT2D eigenvalue weighted by molar-refractivity contribution is 5.85. The van der Waals surface area contributed by atoms with E-state index in [4.69, 9.17) is 34.0 Å². The Hall–Kier alpha value is -3.52. The molecule has 13 nitrogen and oxygen atoms in total. The Kier molecular flexibility index (Phi) is 12.1. The molecule has 13 heteroatoms. The van der Waals surface area contributed by atoms with Gasteiger partial charge in [-0.05, 0) is 102 Å². The summed E-state index contributed by atoms with van der Waals surface area (Å²) in [5, 5.41) is 7.07. The van der Waals surface area contributed by atoms with Crippen LogP contribution in [-0.4, -0.2) is 82.6 Å². The molecule has 1 aromatic carbocycles. The SMILES string of the molecule is CN1CCC(Nc2nc(Nc3ccc(OCCCCCCC(=O)NOC4CCCCO4)cc3)nc3c2ncn3C2CCCCO2)CC1. The molecule has 3 fully saturated rings. The molecule has 0 saturated carbocycles. The molecule has 0 radical (unpaired) electrons. The number of carbonyl (C=O) groups is 1. The topological polar surface area (TPSA) is 137 Å². The molecule has 2 aromatic heterocycles. The largest absolute Gasteiger partial charge is 0.494 e. The van der Waals surface area contributed by atoms with Gasteiger partial charge in [-0.1, -0.05) is 12.8 Å². The van der Waals surface area contributed by atoms with Crippen LogP contribution >= 0.6 is 0 Å². The van der Waals surface area contributed by atoms with Crippen molar-refractivity contribution in [2.45, 2.75) is 102 Å². The minimum Gasteiger partial charge on any atom is -0.494 e. The number of benzene rings is 1. The second kappa shape index (κ2) is 17.0. The summed E-state index contributed by atoms with van der Waals surface area (Å²) in [7, 11) is 2.17. The number of nitrogens with zero attached hydrogens (tertiary/aromatic N) is 5. The van der Waals surface area contributed by atoms with E-state index in [0.29, 0.717) is 31.6 Å². The van der Waals surface area contributed by atoms with Gasteiger partial charge in [-0.25, -0.2) is 15.3 Å². The Morgan fingerprint density at radius 3 is 2.49 bits per heavy atom. The molecule has 0 spiro atoms. The number of fused-ring (bicyclic) bond motifs is 1. The van der Waals surface area contributed by atoms with Gasteiger partial charge in [-0.15, -0.1) is 0 Å². The van der Waals surface area contributed by atoms with Crippen molar-refractivity contribution < 1.29 is 23.8 Å². The second-order valence-corrected chi connectivity index (χ2v) is 12.9. The van der Waals surface area contributed by atoms with E-state index >= 15 is 0 Å². The number of anilines is 3. The highest BCUT2D eigenvalue weighted by Gasteiger charge is 2.24. The average molecular weight is 651 g/mol. The minimum atomic E-state index is -0.312. The number of nitrogens with one attached hydrogen (secondary N) is 3. The van der Waals surface area contributed by atoms with Crippen LogP contribution in [0.3, 0.4) is 0 Å². The van der Waals surface area contributed by atoms with Gasteiger partial charge in [0.2, 0.25) is 11.9 Å². The molecule has 1 amide bonds. The summed E-state index contributed by atoms with van der Waals surface area (Å²) < 4.78 is 19.6. The van der Waals surface area contributed by atoms with Crippen molar-refractivity contribution in [3.8, 4) is 5.75 Å². The lowest BCUT2D eigenvalue weighted by atomic mass is 10.1. The summed E-state index contributed by atoms with van der Waals surface area (Å²) in [6.45, 7) is 4.18. The third-order valence-electron chi connectivity index (χ3n) is 9.07. The fourth-order valence-corrected chi connectivity index (χ4v) is 6.25. The number of unbranched alkanes of at least 4 members (excludes halogenated alkanes) is 3. The molecule has 47 heavy (non-hydrogen) atoms. The monoisotopic (exact) mass is 650 g/mol. The third-order valence-corrected chi connectivity index (χ3v) is 9.07. The molecule has 2 atom stereocenters. The maximum absolute atomic E-state index is 12.0. The fourth-order valence-electron chi connectivity index (χ4n) is 6.25. The van der Waals surface area contributed by atoms with Crippen LogP contribution in [-0.2, 0) is 19.1 Å². The van der Waals surface area contributed by atoms with Gasteiger partial charge in [0.05, 0.1) is 12.9 Å². The maximum Gasteiger partial charge on any atom is 0.243 e. The van der Waals surface area contributed by atoms with Crippen LogP contribution < -0.4 is 20.9 Å². The first kappa shape index (κ1) is 33.4. The Morgan fingerprint density at radius 1 is 0.936 bits per heavy atom. The number of rotatable bonds is 15.